The van der Waals surface area contributed by atoms with Gasteiger partial charge in [0.1, 0.15) is 0 Å². The highest BCUT2D eigenvalue weighted by Gasteiger charge is 2.14. The first kappa shape index (κ1) is 14.9. The molecule has 18 heavy (non-hydrogen) atoms. The van der Waals surface area contributed by atoms with Gasteiger partial charge in [-0.1, -0.05) is 12.1 Å². The van der Waals surface area contributed by atoms with Crippen molar-refractivity contribution in [2.75, 3.05) is 13.2 Å². The molecule has 1 aliphatic heterocycles. The fraction of sp³-hybridized carbons (Fsp3) is 0.500. The first-order chi connectivity index (χ1) is 8.25. The van der Waals surface area contributed by atoms with E-state index in [-0.39, 0.29) is 23.0 Å². The number of nitro groups is 1. The lowest BCUT2D eigenvalue weighted by molar-refractivity contribution is -0.384. The average Bonchev–Trinajstić information content (AvgIpc) is 2.82. The molecule has 0 aromatic heterocycles. The predicted molar refractivity (Wildman–Crippen MR) is 71.0 cm³/mol. The maximum absolute atomic E-state index is 10.6. The summed E-state index contributed by atoms with van der Waals surface area (Å²) in [6, 6.07) is 6.70. The van der Waals surface area contributed by atoms with E-state index in [9.17, 15) is 10.1 Å². The van der Waals surface area contributed by atoms with Crippen molar-refractivity contribution in [2.45, 2.75) is 25.5 Å². The van der Waals surface area contributed by atoms with Gasteiger partial charge in [0.15, 0.2) is 0 Å². The van der Waals surface area contributed by atoms with E-state index < -0.39 is 0 Å². The number of hydrogen-bond donors (Lipinski definition) is 1. The van der Waals surface area contributed by atoms with E-state index in [1.165, 1.54) is 6.07 Å². The lowest BCUT2D eigenvalue weighted by Crippen LogP contribution is -2.25. The average molecular weight is 273 g/mol. The fourth-order valence-electron chi connectivity index (χ4n) is 1.96. The number of nitrogens with one attached hydrogen (secondary N) is 1. The van der Waals surface area contributed by atoms with Crippen molar-refractivity contribution in [3.63, 3.8) is 0 Å². The summed E-state index contributed by atoms with van der Waals surface area (Å²) in [5.74, 6) is 0. The highest BCUT2D eigenvalue weighted by Crippen LogP contribution is 2.14. The molecule has 0 radical (unpaired) electrons. The second-order valence-electron chi connectivity index (χ2n) is 4.19. The normalized spacial score (nSPS) is 18.3. The van der Waals surface area contributed by atoms with Crippen molar-refractivity contribution in [3.8, 4) is 0 Å². The first-order valence-electron chi connectivity index (χ1n) is 5.81. The van der Waals surface area contributed by atoms with Crippen LogP contribution < -0.4 is 5.32 Å². The van der Waals surface area contributed by atoms with Gasteiger partial charge >= 0.3 is 0 Å². The summed E-state index contributed by atoms with van der Waals surface area (Å²) < 4.78 is 5.48. The quantitative estimate of drug-likeness (QED) is 0.660. The lowest BCUT2D eigenvalue weighted by Gasteiger charge is -2.10. The number of ether oxygens (including phenoxy) is 1. The van der Waals surface area contributed by atoms with E-state index in [0.29, 0.717) is 12.6 Å². The highest BCUT2D eigenvalue weighted by molar-refractivity contribution is 5.85. The Morgan fingerprint density at radius 1 is 1.50 bits per heavy atom. The zero-order valence-corrected chi connectivity index (χ0v) is 10.8. The van der Waals surface area contributed by atoms with Crippen LogP contribution in [-0.4, -0.2) is 24.2 Å². The topological polar surface area (TPSA) is 64.4 Å². The maximum atomic E-state index is 10.6. The molecule has 1 atom stereocenters. The molecule has 0 saturated carbocycles. The SMILES string of the molecule is Cl.O=[N+]([O-])c1cccc(CNCC2CCCO2)c1. The number of rotatable bonds is 5. The number of nitrogens with zero attached hydrogens (tertiary/aromatic N) is 1. The maximum Gasteiger partial charge on any atom is 0.269 e. The third-order valence-corrected chi connectivity index (χ3v) is 2.85. The lowest BCUT2D eigenvalue weighted by atomic mass is 10.2. The largest absolute Gasteiger partial charge is 0.377 e. The zero-order valence-electron chi connectivity index (χ0n) is 10.0. The van der Waals surface area contributed by atoms with E-state index in [4.69, 9.17) is 4.74 Å². The smallest absolute Gasteiger partial charge is 0.269 e. The zero-order chi connectivity index (χ0) is 12.1. The fourth-order valence-corrected chi connectivity index (χ4v) is 1.96. The van der Waals surface area contributed by atoms with Crippen molar-refractivity contribution >= 4 is 18.1 Å². The van der Waals surface area contributed by atoms with Crippen molar-refractivity contribution in [1.29, 1.82) is 0 Å². The molecule has 1 heterocycles. The minimum absolute atomic E-state index is 0. The molecule has 6 heteroatoms. The van der Waals surface area contributed by atoms with Gasteiger partial charge in [-0.2, -0.15) is 0 Å². The monoisotopic (exact) mass is 272 g/mol. The van der Waals surface area contributed by atoms with Gasteiger partial charge in [-0.15, -0.1) is 12.4 Å². The molecule has 0 amide bonds. The van der Waals surface area contributed by atoms with Crippen LogP contribution in [0.5, 0.6) is 0 Å². The first-order valence-corrected chi connectivity index (χ1v) is 5.81. The molecule has 5 nitrogen and oxygen atoms in total. The molecule has 2 rings (SSSR count). The second-order valence-corrected chi connectivity index (χ2v) is 4.19. The Labute approximate surface area is 112 Å². The standard InChI is InChI=1S/C12H16N2O3.ClH/c15-14(16)11-4-1-3-10(7-11)8-13-9-12-5-2-6-17-12;/h1,3-4,7,12-13H,2,5-6,8-9H2;1H. The van der Waals surface area contributed by atoms with Crippen LogP contribution in [0.4, 0.5) is 5.69 Å². The molecule has 1 saturated heterocycles. The van der Waals surface area contributed by atoms with Crippen LogP contribution in [-0.2, 0) is 11.3 Å². The van der Waals surface area contributed by atoms with Crippen LogP contribution in [0, 0.1) is 10.1 Å². The molecular formula is C12H17ClN2O3. The Kier molecular flexibility index (Phi) is 6.04. The molecule has 1 aliphatic rings. The molecular weight excluding hydrogens is 256 g/mol. The van der Waals surface area contributed by atoms with Crippen LogP contribution in [0.2, 0.25) is 0 Å². The summed E-state index contributed by atoms with van der Waals surface area (Å²) in [6.45, 7) is 2.30. The summed E-state index contributed by atoms with van der Waals surface area (Å²) in [5.41, 5.74) is 1.07. The van der Waals surface area contributed by atoms with Crippen LogP contribution in [0.3, 0.4) is 0 Å². The summed E-state index contributed by atoms with van der Waals surface area (Å²) in [4.78, 5) is 10.2. The molecule has 0 aliphatic carbocycles. The van der Waals surface area contributed by atoms with E-state index in [2.05, 4.69) is 5.32 Å². The summed E-state index contributed by atoms with van der Waals surface area (Å²) >= 11 is 0. The van der Waals surface area contributed by atoms with Crippen LogP contribution in [0.25, 0.3) is 0 Å². The van der Waals surface area contributed by atoms with Gasteiger partial charge in [0.2, 0.25) is 0 Å². The Hall–Kier alpha value is -1.17. The number of hydrogen-bond acceptors (Lipinski definition) is 4. The molecule has 1 fully saturated rings. The number of halogens is 1. The summed E-state index contributed by atoms with van der Waals surface area (Å²) in [7, 11) is 0. The van der Waals surface area contributed by atoms with Gasteiger partial charge in [0.25, 0.3) is 5.69 Å². The summed E-state index contributed by atoms with van der Waals surface area (Å²) in [6.07, 6.45) is 2.53. The molecule has 1 aromatic carbocycles. The predicted octanol–water partition coefficient (Wildman–Crippen LogP) is 2.29. The molecule has 0 bridgehead atoms. The molecule has 1 N–H and O–H groups in total. The van der Waals surface area contributed by atoms with E-state index in [0.717, 1.165) is 31.6 Å². The van der Waals surface area contributed by atoms with Gasteiger partial charge in [0, 0.05) is 31.8 Å². The van der Waals surface area contributed by atoms with Crippen molar-refractivity contribution in [2.24, 2.45) is 0 Å². The highest BCUT2D eigenvalue weighted by atomic mass is 35.5. The van der Waals surface area contributed by atoms with Crippen molar-refractivity contribution in [3.05, 3.63) is 39.9 Å². The Balaban J connectivity index is 0.00000162. The van der Waals surface area contributed by atoms with Gasteiger partial charge in [-0.05, 0) is 18.4 Å². The summed E-state index contributed by atoms with van der Waals surface area (Å²) in [5, 5.41) is 13.9. The molecule has 1 unspecified atom stereocenters. The van der Waals surface area contributed by atoms with Crippen LogP contribution in [0.1, 0.15) is 18.4 Å². The van der Waals surface area contributed by atoms with Gasteiger partial charge < -0.3 is 10.1 Å². The van der Waals surface area contributed by atoms with Crippen LogP contribution >= 0.6 is 12.4 Å². The molecule has 1 aromatic rings. The van der Waals surface area contributed by atoms with Crippen LogP contribution in [0.15, 0.2) is 24.3 Å². The minimum Gasteiger partial charge on any atom is -0.377 e. The van der Waals surface area contributed by atoms with E-state index in [1.54, 1.807) is 12.1 Å². The Bertz CT molecular complexity index is 395. The van der Waals surface area contributed by atoms with Crippen molar-refractivity contribution < 1.29 is 9.66 Å². The number of benzene rings is 1. The third-order valence-electron chi connectivity index (χ3n) is 2.85. The second kappa shape index (κ2) is 7.31. The van der Waals surface area contributed by atoms with Gasteiger partial charge in [-0.3, -0.25) is 10.1 Å². The molecule has 0 spiro atoms. The number of non-ortho nitro benzene ring substituents is 1. The Morgan fingerprint density at radius 3 is 3.00 bits per heavy atom. The third kappa shape index (κ3) is 4.25. The minimum atomic E-state index is -0.371. The Morgan fingerprint density at radius 2 is 2.33 bits per heavy atom. The van der Waals surface area contributed by atoms with Gasteiger partial charge in [0.05, 0.1) is 11.0 Å². The molecule has 100 valence electrons. The van der Waals surface area contributed by atoms with E-state index >= 15 is 0 Å². The van der Waals surface area contributed by atoms with E-state index in [1.807, 2.05) is 6.07 Å². The van der Waals surface area contributed by atoms with Crippen molar-refractivity contribution in [1.82, 2.24) is 5.32 Å². The van der Waals surface area contributed by atoms with Gasteiger partial charge in [-0.25, -0.2) is 0 Å². The number of nitro benzene ring substituents is 1.